The van der Waals surface area contributed by atoms with E-state index in [-0.39, 0.29) is 34.9 Å². The summed E-state index contributed by atoms with van der Waals surface area (Å²) in [7, 11) is 0. The first-order valence-electron chi connectivity index (χ1n) is 8.12. The van der Waals surface area contributed by atoms with Gasteiger partial charge in [-0.3, -0.25) is 9.59 Å². The van der Waals surface area contributed by atoms with Gasteiger partial charge < -0.3 is 10.1 Å². The van der Waals surface area contributed by atoms with Crippen LogP contribution in [0.2, 0.25) is 0 Å². The number of hydrogen-bond donors (Lipinski definition) is 1. The number of esters is 1. The molecule has 0 aliphatic rings. The van der Waals surface area contributed by atoms with E-state index in [2.05, 4.69) is 25.8 Å². The van der Waals surface area contributed by atoms with Gasteiger partial charge in [0.05, 0.1) is 24.5 Å². The molecule has 0 fully saturated rings. The van der Waals surface area contributed by atoms with Gasteiger partial charge in [0.2, 0.25) is 11.1 Å². The van der Waals surface area contributed by atoms with Crippen molar-refractivity contribution < 1.29 is 18.7 Å². The lowest BCUT2D eigenvalue weighted by atomic mass is 10.3. The summed E-state index contributed by atoms with van der Waals surface area (Å²) in [5.74, 6) is -1.17. The van der Waals surface area contributed by atoms with E-state index in [1.54, 1.807) is 24.4 Å². The molecule has 2 aromatic heterocycles. The standard InChI is InChI=1S/C16H15FN6O3S2/c1-2-26-14(25)7-10-8-27-15(18-10)19-13(24)9-28-16-20-21-22-23(16)12-6-4-3-5-11(12)17/h3-6,8H,2,7,9H2,1H3,(H,18,19,24). The van der Waals surface area contributed by atoms with E-state index in [1.807, 2.05) is 0 Å². The van der Waals surface area contributed by atoms with Crippen LogP contribution in [0.5, 0.6) is 0 Å². The first-order valence-corrected chi connectivity index (χ1v) is 9.99. The van der Waals surface area contributed by atoms with Crippen molar-refractivity contribution in [2.75, 3.05) is 17.7 Å². The summed E-state index contributed by atoms with van der Waals surface area (Å²) in [5, 5.41) is 16.1. The number of thiazole rings is 1. The minimum atomic E-state index is -0.474. The fourth-order valence-corrected chi connectivity index (χ4v) is 3.54. The van der Waals surface area contributed by atoms with Crippen LogP contribution in [-0.4, -0.2) is 49.4 Å². The third-order valence-corrected chi connectivity index (χ3v) is 5.01. The fourth-order valence-electron chi connectivity index (χ4n) is 2.13. The van der Waals surface area contributed by atoms with Crippen molar-refractivity contribution in [1.82, 2.24) is 25.2 Å². The van der Waals surface area contributed by atoms with E-state index < -0.39 is 5.82 Å². The van der Waals surface area contributed by atoms with Gasteiger partial charge in [-0.05, 0) is 29.5 Å². The Morgan fingerprint density at radius 3 is 2.96 bits per heavy atom. The minimum Gasteiger partial charge on any atom is -0.466 e. The van der Waals surface area contributed by atoms with Crippen molar-refractivity contribution in [3.8, 4) is 5.69 Å². The molecule has 0 radical (unpaired) electrons. The zero-order valence-electron chi connectivity index (χ0n) is 14.7. The maximum Gasteiger partial charge on any atom is 0.311 e. The molecule has 0 bridgehead atoms. The number of nitrogens with zero attached hydrogens (tertiary/aromatic N) is 5. The number of hydrogen-bond acceptors (Lipinski definition) is 9. The number of thioether (sulfide) groups is 1. The number of tetrazole rings is 1. The molecule has 0 saturated heterocycles. The van der Waals surface area contributed by atoms with E-state index in [0.29, 0.717) is 17.4 Å². The lowest BCUT2D eigenvalue weighted by Crippen LogP contribution is -2.15. The number of amides is 1. The van der Waals surface area contributed by atoms with Gasteiger partial charge in [-0.2, -0.15) is 4.68 Å². The van der Waals surface area contributed by atoms with Gasteiger partial charge in [0.15, 0.2) is 5.13 Å². The largest absolute Gasteiger partial charge is 0.466 e. The van der Waals surface area contributed by atoms with E-state index in [1.165, 1.54) is 28.2 Å². The van der Waals surface area contributed by atoms with Crippen molar-refractivity contribution in [3.05, 3.63) is 41.2 Å². The normalized spacial score (nSPS) is 10.6. The first-order chi connectivity index (χ1) is 13.6. The number of halogens is 1. The Morgan fingerprint density at radius 2 is 2.18 bits per heavy atom. The van der Waals surface area contributed by atoms with Gasteiger partial charge in [-0.25, -0.2) is 9.37 Å². The summed E-state index contributed by atoms with van der Waals surface area (Å²) in [6, 6.07) is 6.07. The molecule has 0 aliphatic carbocycles. The number of carbonyl (C=O) groups is 2. The number of ether oxygens (including phenoxy) is 1. The maximum atomic E-state index is 13.9. The zero-order valence-corrected chi connectivity index (χ0v) is 16.3. The Hall–Kier alpha value is -2.86. The molecule has 28 heavy (non-hydrogen) atoms. The van der Waals surface area contributed by atoms with Crippen LogP contribution in [0.4, 0.5) is 9.52 Å². The molecule has 0 atom stereocenters. The molecule has 9 nitrogen and oxygen atoms in total. The summed E-state index contributed by atoms with van der Waals surface area (Å²) in [6.07, 6.45) is 0.0480. The topological polar surface area (TPSA) is 112 Å². The van der Waals surface area contributed by atoms with Crippen LogP contribution in [-0.2, 0) is 20.7 Å². The van der Waals surface area contributed by atoms with E-state index in [4.69, 9.17) is 4.74 Å². The smallest absolute Gasteiger partial charge is 0.311 e. The monoisotopic (exact) mass is 422 g/mol. The van der Waals surface area contributed by atoms with Crippen molar-refractivity contribution in [1.29, 1.82) is 0 Å². The zero-order chi connectivity index (χ0) is 19.9. The second kappa shape index (κ2) is 9.37. The van der Waals surface area contributed by atoms with Crippen LogP contribution in [0.3, 0.4) is 0 Å². The Kier molecular flexibility index (Phi) is 6.66. The highest BCUT2D eigenvalue weighted by Crippen LogP contribution is 2.21. The van der Waals surface area contributed by atoms with Crippen LogP contribution in [0.15, 0.2) is 34.8 Å². The summed E-state index contributed by atoms with van der Waals surface area (Å²) < 4.78 is 20.0. The number of anilines is 1. The van der Waals surface area contributed by atoms with Crippen LogP contribution >= 0.6 is 23.1 Å². The molecule has 3 rings (SSSR count). The van der Waals surface area contributed by atoms with Crippen LogP contribution in [0.25, 0.3) is 5.69 Å². The highest BCUT2D eigenvalue weighted by molar-refractivity contribution is 7.99. The molecule has 0 aliphatic heterocycles. The SMILES string of the molecule is CCOC(=O)Cc1csc(NC(=O)CSc2nnnn2-c2ccccc2F)n1. The van der Waals surface area contributed by atoms with Crippen LogP contribution in [0, 0.1) is 5.82 Å². The summed E-state index contributed by atoms with van der Waals surface area (Å²) in [5.41, 5.74) is 0.717. The molecule has 2 heterocycles. The molecule has 1 N–H and O–H groups in total. The molecular formula is C16H15FN6O3S2. The van der Waals surface area contributed by atoms with Crippen molar-refractivity contribution in [2.24, 2.45) is 0 Å². The van der Waals surface area contributed by atoms with Crippen LogP contribution in [0.1, 0.15) is 12.6 Å². The Labute approximate surface area is 167 Å². The number of para-hydroxylation sites is 1. The Bertz CT molecular complexity index is 977. The number of rotatable bonds is 8. The number of nitrogens with one attached hydrogen (secondary N) is 1. The maximum absolute atomic E-state index is 13.9. The Balaban J connectivity index is 1.56. The lowest BCUT2D eigenvalue weighted by Gasteiger charge is -2.05. The molecule has 3 aromatic rings. The molecule has 146 valence electrons. The highest BCUT2D eigenvalue weighted by Gasteiger charge is 2.15. The number of benzene rings is 1. The number of aromatic nitrogens is 5. The Morgan fingerprint density at radius 1 is 1.36 bits per heavy atom. The average Bonchev–Trinajstić information content (AvgIpc) is 3.30. The molecule has 0 unspecified atom stereocenters. The highest BCUT2D eigenvalue weighted by atomic mass is 32.2. The lowest BCUT2D eigenvalue weighted by molar-refractivity contribution is -0.142. The van der Waals surface area contributed by atoms with Gasteiger partial charge in [0.1, 0.15) is 11.5 Å². The summed E-state index contributed by atoms with van der Waals surface area (Å²) in [6.45, 7) is 2.03. The predicted octanol–water partition coefficient (Wildman–Crippen LogP) is 2.09. The van der Waals surface area contributed by atoms with Crippen molar-refractivity contribution in [2.45, 2.75) is 18.5 Å². The van der Waals surface area contributed by atoms with E-state index >= 15 is 0 Å². The van der Waals surface area contributed by atoms with Crippen molar-refractivity contribution >= 4 is 40.1 Å². The molecule has 1 aromatic carbocycles. The number of carbonyl (C=O) groups excluding carboxylic acids is 2. The molecule has 12 heteroatoms. The molecular weight excluding hydrogens is 407 g/mol. The quantitative estimate of drug-likeness (QED) is 0.434. The van der Waals surface area contributed by atoms with E-state index in [0.717, 1.165) is 11.8 Å². The second-order valence-electron chi connectivity index (χ2n) is 5.29. The first kappa shape index (κ1) is 19.9. The summed E-state index contributed by atoms with van der Waals surface area (Å²) >= 11 is 2.27. The second-order valence-corrected chi connectivity index (χ2v) is 7.09. The van der Waals surface area contributed by atoms with Gasteiger partial charge in [0.25, 0.3) is 0 Å². The van der Waals surface area contributed by atoms with Crippen LogP contribution < -0.4 is 5.32 Å². The van der Waals surface area contributed by atoms with E-state index in [9.17, 15) is 14.0 Å². The van der Waals surface area contributed by atoms with Gasteiger partial charge in [-0.1, -0.05) is 23.9 Å². The van der Waals surface area contributed by atoms with Gasteiger partial charge in [-0.15, -0.1) is 16.4 Å². The minimum absolute atomic E-state index is 0.00160. The molecule has 0 spiro atoms. The fraction of sp³-hybridized carbons (Fsp3) is 0.250. The molecule has 1 amide bonds. The third-order valence-electron chi connectivity index (χ3n) is 3.28. The third kappa shape index (κ3) is 5.10. The van der Waals surface area contributed by atoms with Gasteiger partial charge >= 0.3 is 5.97 Å². The van der Waals surface area contributed by atoms with Crippen molar-refractivity contribution in [3.63, 3.8) is 0 Å². The molecule has 0 saturated carbocycles. The predicted molar refractivity (Wildman–Crippen MR) is 101 cm³/mol. The average molecular weight is 422 g/mol. The summed E-state index contributed by atoms with van der Waals surface area (Å²) in [4.78, 5) is 27.8. The van der Waals surface area contributed by atoms with Gasteiger partial charge in [0, 0.05) is 5.38 Å².